The van der Waals surface area contributed by atoms with Gasteiger partial charge in [0.25, 0.3) is 0 Å². The van der Waals surface area contributed by atoms with Crippen LogP contribution in [0.4, 0.5) is 59.8 Å². The molecule has 0 bridgehead atoms. The minimum Gasteiger partial charge on any atom is -0.480 e. The zero-order valence-corrected chi connectivity index (χ0v) is 68.6. The van der Waals surface area contributed by atoms with E-state index in [1.807, 2.05) is 75.4 Å². The molecule has 0 unspecified atom stereocenters. The van der Waals surface area contributed by atoms with Crippen LogP contribution in [0.5, 0.6) is 0 Å². The van der Waals surface area contributed by atoms with Crippen LogP contribution in [0.2, 0.25) is 0 Å². The maximum Gasteiger partial charge on any atom is 0.417 e. The van der Waals surface area contributed by atoms with Gasteiger partial charge in [0.05, 0.1) is 32.1 Å². The van der Waals surface area contributed by atoms with Crippen LogP contribution in [0.3, 0.4) is 0 Å². The van der Waals surface area contributed by atoms with Crippen molar-refractivity contribution in [2.75, 3.05) is 37.2 Å². The van der Waals surface area contributed by atoms with Gasteiger partial charge in [-0.25, -0.2) is 48.4 Å². The number of unbranched alkanes of at least 4 members (excludes halogenated alkanes) is 2. The summed E-state index contributed by atoms with van der Waals surface area (Å²) in [6, 6.07) is 32.4. The summed E-state index contributed by atoms with van der Waals surface area (Å²) in [5.74, 6) is -0.943. The second-order valence-corrected chi connectivity index (χ2v) is 33.0. The lowest BCUT2D eigenvalue weighted by Gasteiger charge is -2.27. The zero-order valence-electron chi connectivity index (χ0n) is 68.6. The van der Waals surface area contributed by atoms with E-state index < -0.39 is 65.4 Å². The lowest BCUT2D eigenvalue weighted by molar-refractivity contribution is -0.138. The van der Waals surface area contributed by atoms with Gasteiger partial charge in [-0.3, -0.25) is 14.4 Å². The van der Waals surface area contributed by atoms with Gasteiger partial charge in [-0.05, 0) is 171 Å². The van der Waals surface area contributed by atoms with Crippen LogP contribution < -0.4 is 30.7 Å². The molecule has 0 atom stereocenters. The third-order valence-corrected chi connectivity index (χ3v) is 20.0. The molecule has 13 rings (SSSR count). The zero-order chi connectivity index (χ0) is 83.6. The van der Waals surface area contributed by atoms with E-state index in [0.717, 1.165) is 61.6 Å². The normalized spacial score (nSPS) is 14.3. The third kappa shape index (κ3) is 24.6. The number of ether oxygens (including phenoxy) is 3. The standard InChI is InChI=1S/C32H38N6O4.C31H35FN6O4.C23H36N6O4/c1-32(2,3)42-31(41)38(19-23-14-16-25(17-15-23)24-12-8-5-9-13-24)30-35-28(33-18-22-10-6-4-7-11-22)27-29(36-30)37(21-34-27)20-26(39)40;1-31(2,3)42-30(41)38(17-20-9-11-22(12-10-20)21-7-5-4-6-8-21)29-35-27(34-24-15-13-23(32)14-16-24)26-28(36-29)37(19-33-26)18-25(39)40;1-5-6-10-13-29(22(32)33-23(2,3)4)21-26-19(25-16-11-8-7-9-12-16)18-20(27-21)28(15-24-18)14-17(30)31/h4,6-7,10-11,14-17,21,24H,5,8-9,12-13,18-20H2,1-3H3,(H,39,40)(H,33,35,36);9-16,19,21H,4-8,17-18H2,1-3H3,(H,39,40)(H,34,35,36);15-16H,5-14H2,1-4H3,(H,30,31)(H,25,26,27). The fourth-order valence-corrected chi connectivity index (χ4v) is 14.4. The molecule has 3 aliphatic rings. The number of carbonyl (C=O) groups excluding carboxylic acids is 3. The van der Waals surface area contributed by atoms with Gasteiger partial charge in [0.1, 0.15) is 42.3 Å². The predicted molar refractivity (Wildman–Crippen MR) is 445 cm³/mol. The van der Waals surface area contributed by atoms with Crippen molar-refractivity contribution in [2.45, 2.75) is 259 Å². The van der Waals surface area contributed by atoms with Crippen LogP contribution in [0.25, 0.3) is 33.5 Å². The molecule has 6 aromatic heterocycles. The third-order valence-electron chi connectivity index (χ3n) is 20.0. The van der Waals surface area contributed by atoms with Crippen LogP contribution in [0.15, 0.2) is 122 Å². The molecule has 3 saturated carbocycles. The van der Waals surface area contributed by atoms with E-state index in [-0.39, 0.29) is 61.5 Å². The van der Waals surface area contributed by atoms with Crippen molar-refractivity contribution in [3.63, 3.8) is 0 Å². The summed E-state index contributed by atoms with van der Waals surface area (Å²) < 4.78 is 35.0. The predicted octanol–water partition coefficient (Wildman–Crippen LogP) is 17.9. The van der Waals surface area contributed by atoms with Crippen molar-refractivity contribution in [1.29, 1.82) is 0 Å². The molecule has 30 nitrogen and oxygen atoms in total. The monoisotopic (exact) mass is 1600 g/mol. The topological polar surface area (TPSA) is 367 Å². The molecule has 4 aromatic carbocycles. The Bertz CT molecular complexity index is 5020. The van der Waals surface area contributed by atoms with Crippen LogP contribution >= 0.6 is 0 Å². The molecule has 0 spiro atoms. The van der Waals surface area contributed by atoms with E-state index in [2.05, 4.69) is 82.0 Å². The first kappa shape index (κ1) is 86.0. The highest BCUT2D eigenvalue weighted by molar-refractivity contribution is 5.93. The quantitative estimate of drug-likeness (QED) is 0.0217. The molecule has 3 aliphatic carbocycles. The molecule has 0 radical (unpaired) electrons. The first-order valence-electron chi connectivity index (χ1n) is 40.5. The van der Waals surface area contributed by atoms with Crippen molar-refractivity contribution in [3.05, 3.63) is 156 Å². The molecule has 31 heteroatoms. The molecule has 117 heavy (non-hydrogen) atoms. The number of imidazole rings is 3. The number of aromatic nitrogens is 12. The average Bonchev–Trinajstić information content (AvgIpc) is 1.69. The highest BCUT2D eigenvalue weighted by Crippen LogP contribution is 2.37. The Balaban J connectivity index is 0.000000174. The number of amides is 3. The number of nitrogens with zero attached hydrogens (tertiary/aromatic N) is 15. The fourth-order valence-electron chi connectivity index (χ4n) is 14.4. The number of aliphatic carboxylic acids is 3. The van der Waals surface area contributed by atoms with E-state index in [0.29, 0.717) is 70.1 Å². The number of fused-ring (bicyclic) bond motifs is 3. The summed E-state index contributed by atoms with van der Waals surface area (Å²) in [5.41, 5.74) is 5.84. The highest BCUT2D eigenvalue weighted by atomic mass is 19.1. The number of nitrogens with one attached hydrogen (secondary N) is 3. The van der Waals surface area contributed by atoms with Gasteiger partial charge in [-0.15, -0.1) is 0 Å². The maximum absolute atomic E-state index is 13.6. The lowest BCUT2D eigenvalue weighted by Crippen LogP contribution is -2.38. The summed E-state index contributed by atoms with van der Waals surface area (Å²) >= 11 is 0. The van der Waals surface area contributed by atoms with E-state index in [4.69, 9.17) is 24.2 Å². The van der Waals surface area contributed by atoms with Crippen LogP contribution in [0.1, 0.15) is 224 Å². The number of hydrogen-bond acceptors (Lipinski definition) is 21. The molecule has 3 fully saturated rings. The second kappa shape index (κ2) is 39.1. The minimum absolute atomic E-state index is 0.00450. The van der Waals surface area contributed by atoms with E-state index in [9.17, 15) is 48.5 Å². The number of benzene rings is 4. The van der Waals surface area contributed by atoms with Crippen LogP contribution in [0, 0.1) is 5.82 Å². The molecular weight excluding hydrogens is 1500 g/mol. The Hall–Kier alpha value is -11.9. The number of halogens is 1. The van der Waals surface area contributed by atoms with Gasteiger partial charge in [-0.2, -0.15) is 29.9 Å². The van der Waals surface area contributed by atoms with Gasteiger partial charge in [-0.1, -0.05) is 156 Å². The lowest BCUT2D eigenvalue weighted by atomic mass is 9.84. The van der Waals surface area contributed by atoms with Gasteiger partial charge in [0.15, 0.2) is 50.9 Å². The summed E-state index contributed by atoms with van der Waals surface area (Å²) in [6.45, 7) is 18.4. The van der Waals surface area contributed by atoms with Crippen LogP contribution in [-0.2, 0) is 67.9 Å². The Kier molecular flexibility index (Phi) is 28.8. The number of carbonyl (C=O) groups is 6. The minimum atomic E-state index is -1.08. The SMILES string of the molecule is CC(C)(C)OC(=O)N(Cc1ccc(C2CCCCC2)cc1)c1nc(NCc2ccccc2)c2ncn(CC(=O)O)c2n1.CC(C)(C)OC(=O)N(Cc1ccc(C2CCCCC2)cc1)c1nc(Nc2ccc(F)cc2)c2ncn(CC(=O)O)c2n1.CCCCCN(C(=O)OC(C)(C)C)c1nc(NC2CCCCC2)c2ncn(CC(=O)O)c2n1. The molecule has 622 valence electrons. The summed E-state index contributed by atoms with van der Waals surface area (Å²) in [4.78, 5) is 120. The highest BCUT2D eigenvalue weighted by Gasteiger charge is 2.33. The molecular formula is C86H109FN18O12. The maximum atomic E-state index is 13.6. The molecule has 0 saturated heterocycles. The number of carboxylic acid groups (broad SMARTS) is 3. The number of rotatable bonds is 26. The number of carboxylic acids is 3. The van der Waals surface area contributed by atoms with Gasteiger partial charge in [0, 0.05) is 24.8 Å². The number of hydrogen-bond donors (Lipinski definition) is 6. The van der Waals surface area contributed by atoms with E-state index in [1.165, 1.54) is 153 Å². The van der Waals surface area contributed by atoms with Crippen molar-refractivity contribution in [1.82, 2.24) is 58.6 Å². The smallest absolute Gasteiger partial charge is 0.417 e. The van der Waals surface area contributed by atoms with Gasteiger partial charge < -0.3 is 59.2 Å². The van der Waals surface area contributed by atoms with E-state index >= 15 is 0 Å². The Labute approximate surface area is 680 Å². The summed E-state index contributed by atoms with van der Waals surface area (Å²) in [6.07, 6.45) is 23.1. The molecule has 6 N–H and O–H groups in total. The van der Waals surface area contributed by atoms with E-state index in [1.54, 1.807) is 41.5 Å². The first-order chi connectivity index (χ1) is 55.9. The summed E-state index contributed by atoms with van der Waals surface area (Å²) in [7, 11) is 0. The van der Waals surface area contributed by atoms with Crippen LogP contribution in [-0.4, -0.2) is 139 Å². The fraction of sp³-hybridized carbons (Fsp3) is 0.477. The second-order valence-electron chi connectivity index (χ2n) is 33.0. The summed E-state index contributed by atoms with van der Waals surface area (Å²) in [5, 5.41) is 38.2. The largest absolute Gasteiger partial charge is 0.480 e. The van der Waals surface area contributed by atoms with Gasteiger partial charge >= 0.3 is 36.2 Å². The van der Waals surface area contributed by atoms with Crippen molar-refractivity contribution < 1.29 is 62.7 Å². The van der Waals surface area contributed by atoms with Gasteiger partial charge in [0.2, 0.25) is 17.8 Å². The molecule has 3 amide bonds. The molecule has 6 heterocycles. The Morgan fingerprint density at radius 1 is 0.453 bits per heavy atom. The van der Waals surface area contributed by atoms with Crippen molar-refractivity contribution in [2.24, 2.45) is 0 Å². The first-order valence-corrected chi connectivity index (χ1v) is 40.5. The Morgan fingerprint density at radius 3 is 1.26 bits per heavy atom. The number of anilines is 7. The molecule has 10 aromatic rings. The molecule has 0 aliphatic heterocycles. The van der Waals surface area contributed by atoms with Crippen molar-refractivity contribution >= 4 is 111 Å². The average molecular weight is 1610 g/mol. The Morgan fingerprint density at radius 2 is 0.838 bits per heavy atom. The van der Waals surface area contributed by atoms with Crippen molar-refractivity contribution in [3.8, 4) is 0 Å².